The molecule has 0 saturated heterocycles. The van der Waals surface area contributed by atoms with Crippen molar-refractivity contribution < 1.29 is 0 Å². The van der Waals surface area contributed by atoms with Crippen LogP contribution in [0.2, 0.25) is 0 Å². The van der Waals surface area contributed by atoms with Crippen LogP contribution < -0.4 is 16.8 Å². The first kappa shape index (κ1) is 15.7. The third-order valence-corrected chi connectivity index (χ3v) is 3.62. The van der Waals surface area contributed by atoms with Crippen LogP contribution in [0.1, 0.15) is 66.7 Å². The summed E-state index contributed by atoms with van der Waals surface area (Å²) in [5.74, 6) is 0. The first-order chi connectivity index (χ1) is 8.08. The van der Waals surface area contributed by atoms with E-state index in [1.807, 2.05) is 0 Å². The number of nitrogens with one attached hydrogen (secondary N) is 1. The quantitative estimate of drug-likeness (QED) is 0.401. The monoisotopic (exact) mass is 253 g/mol. The van der Waals surface area contributed by atoms with Crippen LogP contribution >= 0.6 is 0 Å². The molecule has 18 heavy (non-hydrogen) atoms. The van der Waals surface area contributed by atoms with Gasteiger partial charge >= 0.3 is 0 Å². The Morgan fingerprint density at radius 3 is 2.33 bits per heavy atom. The smallest absolute Gasteiger partial charge is 0.0859 e. The summed E-state index contributed by atoms with van der Waals surface area (Å²) >= 11 is 0. The van der Waals surface area contributed by atoms with Crippen molar-refractivity contribution in [1.82, 2.24) is 5.32 Å². The third kappa shape index (κ3) is 4.38. The predicted octanol–water partition coefficient (Wildman–Crippen LogP) is 2.66. The Kier molecular flexibility index (Phi) is 4.63. The Balaban J connectivity index is 2.83. The molecule has 0 aromatic carbocycles. The van der Waals surface area contributed by atoms with Crippen molar-refractivity contribution in [3.63, 3.8) is 0 Å². The number of unbranched alkanes of at least 4 members (excludes halogenated alkanes) is 2. The van der Waals surface area contributed by atoms with Crippen molar-refractivity contribution in [3.8, 4) is 0 Å². The van der Waals surface area contributed by atoms with Gasteiger partial charge in [-0.2, -0.15) is 0 Å². The van der Waals surface area contributed by atoms with E-state index in [2.05, 4.69) is 46.0 Å². The zero-order chi connectivity index (χ0) is 14.0. The SMILES string of the molecule is CCCCCC(N)(N)C1=CC(C)(C)NC(C)(C)C1. The van der Waals surface area contributed by atoms with E-state index in [9.17, 15) is 0 Å². The first-order valence-electron chi connectivity index (χ1n) is 7.17. The largest absolute Gasteiger partial charge is 0.310 e. The van der Waals surface area contributed by atoms with Gasteiger partial charge in [-0.15, -0.1) is 0 Å². The topological polar surface area (TPSA) is 64.1 Å². The Bertz CT molecular complexity index is 314. The fourth-order valence-electron chi connectivity index (χ4n) is 3.04. The second-order valence-corrected chi connectivity index (χ2v) is 7.07. The van der Waals surface area contributed by atoms with Crippen molar-refractivity contribution in [2.75, 3.05) is 0 Å². The van der Waals surface area contributed by atoms with Gasteiger partial charge in [0.2, 0.25) is 0 Å². The lowest BCUT2D eigenvalue weighted by Gasteiger charge is -2.45. The minimum Gasteiger partial charge on any atom is -0.310 e. The minimum atomic E-state index is -0.647. The molecule has 0 aromatic heterocycles. The van der Waals surface area contributed by atoms with Crippen LogP contribution in [0.3, 0.4) is 0 Å². The van der Waals surface area contributed by atoms with Crippen LogP contribution in [0.25, 0.3) is 0 Å². The second kappa shape index (κ2) is 5.32. The molecule has 0 aromatic rings. The molecule has 0 atom stereocenters. The molecule has 1 rings (SSSR count). The molecule has 0 bridgehead atoms. The predicted molar refractivity (Wildman–Crippen MR) is 79.2 cm³/mol. The molecular formula is C15H31N3. The molecule has 1 aliphatic rings. The van der Waals surface area contributed by atoms with Crippen molar-refractivity contribution in [2.24, 2.45) is 11.5 Å². The van der Waals surface area contributed by atoms with Crippen molar-refractivity contribution in [1.29, 1.82) is 0 Å². The molecule has 0 radical (unpaired) electrons. The lowest BCUT2D eigenvalue weighted by Crippen LogP contribution is -2.60. The van der Waals surface area contributed by atoms with Crippen LogP contribution in [0.5, 0.6) is 0 Å². The number of nitrogens with two attached hydrogens (primary N) is 2. The van der Waals surface area contributed by atoms with E-state index in [1.165, 1.54) is 18.4 Å². The molecule has 0 spiro atoms. The van der Waals surface area contributed by atoms with Gasteiger partial charge in [-0.3, -0.25) is 0 Å². The zero-order valence-electron chi connectivity index (χ0n) is 12.8. The summed E-state index contributed by atoms with van der Waals surface area (Å²) in [5.41, 5.74) is 13.3. The molecule has 0 amide bonds. The van der Waals surface area contributed by atoms with E-state index in [4.69, 9.17) is 11.5 Å². The van der Waals surface area contributed by atoms with Crippen LogP contribution in [0, 0.1) is 0 Å². The minimum absolute atomic E-state index is 0.0359. The molecular weight excluding hydrogens is 222 g/mol. The van der Waals surface area contributed by atoms with E-state index in [-0.39, 0.29) is 11.1 Å². The summed E-state index contributed by atoms with van der Waals surface area (Å²) in [5, 5.41) is 3.61. The Labute approximate surface area is 112 Å². The highest BCUT2D eigenvalue weighted by atomic mass is 15.1. The van der Waals surface area contributed by atoms with E-state index in [0.717, 1.165) is 19.3 Å². The summed E-state index contributed by atoms with van der Waals surface area (Å²) in [6.45, 7) is 11.0. The Morgan fingerprint density at radius 2 is 1.83 bits per heavy atom. The highest BCUT2D eigenvalue weighted by Crippen LogP contribution is 2.32. The lowest BCUT2D eigenvalue weighted by atomic mass is 9.78. The molecule has 3 heteroatoms. The molecule has 1 heterocycles. The third-order valence-electron chi connectivity index (χ3n) is 3.62. The van der Waals surface area contributed by atoms with E-state index >= 15 is 0 Å². The van der Waals surface area contributed by atoms with Crippen LogP contribution in [0.15, 0.2) is 11.6 Å². The van der Waals surface area contributed by atoms with Gasteiger partial charge in [0.15, 0.2) is 0 Å². The molecule has 1 aliphatic heterocycles. The summed E-state index contributed by atoms with van der Waals surface area (Å²) in [6, 6.07) is 0. The van der Waals surface area contributed by atoms with Gasteiger partial charge in [0.25, 0.3) is 0 Å². The fourth-order valence-corrected chi connectivity index (χ4v) is 3.04. The molecule has 0 saturated carbocycles. The Hall–Kier alpha value is -0.380. The van der Waals surface area contributed by atoms with Crippen LogP contribution in [-0.2, 0) is 0 Å². The normalized spacial score (nSPS) is 22.7. The van der Waals surface area contributed by atoms with E-state index in [0.29, 0.717) is 0 Å². The molecule has 3 nitrogen and oxygen atoms in total. The van der Waals surface area contributed by atoms with Gasteiger partial charge in [0.1, 0.15) is 0 Å². The molecule has 0 aliphatic carbocycles. The van der Waals surface area contributed by atoms with Crippen molar-refractivity contribution in [3.05, 3.63) is 11.6 Å². The molecule has 106 valence electrons. The molecule has 0 fully saturated rings. The van der Waals surface area contributed by atoms with Crippen LogP contribution in [-0.4, -0.2) is 16.7 Å². The standard InChI is InChI=1S/C15H31N3/c1-6-7-8-9-15(16,17)12-10-13(2,3)18-14(4,5)11-12/h10,18H,6-9,11,16-17H2,1-5H3. The Morgan fingerprint density at radius 1 is 1.22 bits per heavy atom. The van der Waals surface area contributed by atoms with Gasteiger partial charge < -0.3 is 16.8 Å². The highest BCUT2D eigenvalue weighted by molar-refractivity contribution is 5.28. The maximum atomic E-state index is 6.36. The van der Waals surface area contributed by atoms with E-state index < -0.39 is 5.66 Å². The fraction of sp³-hybridized carbons (Fsp3) is 0.867. The van der Waals surface area contributed by atoms with Gasteiger partial charge in [0.05, 0.1) is 5.66 Å². The summed E-state index contributed by atoms with van der Waals surface area (Å²) in [7, 11) is 0. The summed E-state index contributed by atoms with van der Waals surface area (Å²) in [6.07, 6.45) is 7.54. The van der Waals surface area contributed by atoms with Crippen molar-refractivity contribution >= 4 is 0 Å². The second-order valence-electron chi connectivity index (χ2n) is 7.07. The van der Waals surface area contributed by atoms with Crippen LogP contribution in [0.4, 0.5) is 0 Å². The highest BCUT2D eigenvalue weighted by Gasteiger charge is 2.37. The van der Waals surface area contributed by atoms with E-state index in [1.54, 1.807) is 0 Å². The van der Waals surface area contributed by atoms with Gasteiger partial charge in [-0.25, -0.2) is 0 Å². The molecule has 5 N–H and O–H groups in total. The number of hydrogen-bond donors (Lipinski definition) is 3. The maximum Gasteiger partial charge on any atom is 0.0859 e. The summed E-state index contributed by atoms with van der Waals surface area (Å²) in [4.78, 5) is 0. The lowest BCUT2D eigenvalue weighted by molar-refractivity contribution is 0.261. The van der Waals surface area contributed by atoms with Gasteiger partial charge in [-0.05, 0) is 52.5 Å². The zero-order valence-corrected chi connectivity index (χ0v) is 12.8. The number of rotatable bonds is 5. The first-order valence-corrected chi connectivity index (χ1v) is 7.17. The average molecular weight is 253 g/mol. The van der Waals surface area contributed by atoms with Gasteiger partial charge in [0, 0.05) is 11.1 Å². The van der Waals surface area contributed by atoms with Crippen molar-refractivity contribution in [2.45, 2.75) is 83.5 Å². The summed E-state index contributed by atoms with van der Waals surface area (Å²) < 4.78 is 0. The molecule has 0 unspecified atom stereocenters. The average Bonchev–Trinajstić information content (AvgIpc) is 2.12. The number of hydrogen-bond acceptors (Lipinski definition) is 3. The van der Waals surface area contributed by atoms with Gasteiger partial charge in [-0.1, -0.05) is 25.8 Å². The maximum absolute atomic E-state index is 6.36.